The number of nitrogens with two attached hydrogens (primary N) is 1. The first-order valence-electron chi connectivity index (χ1n) is 4.42. The van der Waals surface area contributed by atoms with Crippen molar-refractivity contribution >= 4 is 16.6 Å². The molecule has 14 heavy (non-hydrogen) atoms. The van der Waals surface area contributed by atoms with E-state index in [2.05, 4.69) is 5.10 Å². The Bertz CT molecular complexity index is 462. The van der Waals surface area contributed by atoms with Gasteiger partial charge in [0.25, 0.3) is 0 Å². The molecule has 2 aromatic rings. The summed E-state index contributed by atoms with van der Waals surface area (Å²) in [6.07, 6.45) is 0. The number of aromatic nitrogens is 2. The summed E-state index contributed by atoms with van der Waals surface area (Å²) in [5, 5.41) is 5.46. The van der Waals surface area contributed by atoms with Crippen molar-refractivity contribution in [3.05, 3.63) is 23.9 Å². The summed E-state index contributed by atoms with van der Waals surface area (Å²) in [5.41, 5.74) is 8.45. The molecule has 4 nitrogen and oxygen atoms in total. The highest BCUT2D eigenvalue weighted by molar-refractivity contribution is 5.84. The van der Waals surface area contributed by atoms with Crippen LogP contribution in [0.1, 0.15) is 5.69 Å². The summed E-state index contributed by atoms with van der Waals surface area (Å²) in [7, 11) is 3.57. The molecular formula is C10H13N3O. The lowest BCUT2D eigenvalue weighted by molar-refractivity contribution is 0.182. The summed E-state index contributed by atoms with van der Waals surface area (Å²) < 4.78 is 6.89. The highest BCUT2D eigenvalue weighted by Gasteiger charge is 2.07. The molecule has 1 aromatic carbocycles. The van der Waals surface area contributed by atoms with Gasteiger partial charge in [0.2, 0.25) is 0 Å². The van der Waals surface area contributed by atoms with E-state index in [9.17, 15) is 0 Å². The van der Waals surface area contributed by atoms with E-state index in [0.717, 1.165) is 22.3 Å². The number of hydrogen-bond donors (Lipinski definition) is 1. The van der Waals surface area contributed by atoms with Gasteiger partial charge in [-0.3, -0.25) is 4.68 Å². The third kappa shape index (κ3) is 1.33. The second-order valence-electron chi connectivity index (χ2n) is 3.28. The first-order valence-corrected chi connectivity index (χ1v) is 4.42. The Morgan fingerprint density at radius 3 is 3.00 bits per heavy atom. The monoisotopic (exact) mass is 191 g/mol. The summed E-state index contributed by atoms with van der Waals surface area (Å²) in [6.45, 7) is 0.529. The molecule has 0 radical (unpaired) electrons. The maximum Gasteiger partial charge on any atom is 0.0960 e. The summed E-state index contributed by atoms with van der Waals surface area (Å²) in [6, 6.07) is 5.77. The molecule has 1 heterocycles. The Labute approximate surface area is 82.3 Å². The molecule has 0 fully saturated rings. The van der Waals surface area contributed by atoms with E-state index in [0.29, 0.717) is 6.61 Å². The maximum absolute atomic E-state index is 5.70. The zero-order valence-electron chi connectivity index (χ0n) is 8.32. The predicted octanol–water partition coefficient (Wildman–Crippen LogP) is 1.30. The van der Waals surface area contributed by atoms with Gasteiger partial charge in [-0.15, -0.1) is 0 Å². The molecule has 0 unspecified atom stereocenters. The number of anilines is 1. The van der Waals surface area contributed by atoms with Gasteiger partial charge < -0.3 is 10.5 Å². The molecule has 0 atom stereocenters. The number of methoxy groups -OCH3 is 1. The highest BCUT2D eigenvalue weighted by Crippen LogP contribution is 2.20. The van der Waals surface area contributed by atoms with E-state index in [-0.39, 0.29) is 0 Å². The maximum atomic E-state index is 5.70. The van der Waals surface area contributed by atoms with Gasteiger partial charge >= 0.3 is 0 Å². The zero-order chi connectivity index (χ0) is 10.1. The predicted molar refractivity (Wildman–Crippen MR) is 55.8 cm³/mol. The van der Waals surface area contributed by atoms with E-state index in [1.165, 1.54) is 0 Å². The standard InChI is InChI=1S/C10H13N3O/c1-13-10-5-7(11)3-4-8(10)9(12-13)6-14-2/h3-5H,6,11H2,1-2H3. The van der Waals surface area contributed by atoms with E-state index in [1.54, 1.807) is 7.11 Å². The van der Waals surface area contributed by atoms with Crippen LogP contribution in [0.2, 0.25) is 0 Å². The molecule has 0 saturated heterocycles. The van der Waals surface area contributed by atoms with Crippen LogP contribution in [0.5, 0.6) is 0 Å². The molecule has 0 saturated carbocycles. The van der Waals surface area contributed by atoms with Gasteiger partial charge in [-0.05, 0) is 18.2 Å². The van der Waals surface area contributed by atoms with Crippen LogP contribution >= 0.6 is 0 Å². The topological polar surface area (TPSA) is 53.1 Å². The van der Waals surface area contributed by atoms with Crippen molar-refractivity contribution in [3.63, 3.8) is 0 Å². The third-order valence-electron chi connectivity index (χ3n) is 2.23. The van der Waals surface area contributed by atoms with Crippen LogP contribution < -0.4 is 5.73 Å². The van der Waals surface area contributed by atoms with Crippen LogP contribution in [0.4, 0.5) is 5.69 Å². The normalized spacial score (nSPS) is 11.0. The van der Waals surface area contributed by atoms with Crippen LogP contribution in [0.3, 0.4) is 0 Å². The van der Waals surface area contributed by atoms with Crippen LogP contribution in [0.15, 0.2) is 18.2 Å². The molecule has 74 valence electrons. The minimum atomic E-state index is 0.529. The molecule has 2 N–H and O–H groups in total. The Hall–Kier alpha value is -1.55. The second-order valence-corrected chi connectivity index (χ2v) is 3.28. The van der Waals surface area contributed by atoms with Crippen molar-refractivity contribution in [3.8, 4) is 0 Å². The fourth-order valence-electron chi connectivity index (χ4n) is 1.59. The minimum Gasteiger partial charge on any atom is -0.399 e. The van der Waals surface area contributed by atoms with Gasteiger partial charge in [0, 0.05) is 25.2 Å². The minimum absolute atomic E-state index is 0.529. The van der Waals surface area contributed by atoms with Crippen molar-refractivity contribution in [1.82, 2.24) is 9.78 Å². The molecule has 0 aliphatic carbocycles. The zero-order valence-corrected chi connectivity index (χ0v) is 8.32. The van der Waals surface area contributed by atoms with E-state index in [1.807, 2.05) is 29.9 Å². The molecule has 4 heteroatoms. The quantitative estimate of drug-likeness (QED) is 0.728. The molecule has 0 amide bonds. The first-order chi connectivity index (χ1) is 6.72. The number of rotatable bonds is 2. The second kappa shape index (κ2) is 3.31. The lowest BCUT2D eigenvalue weighted by Crippen LogP contribution is -1.93. The van der Waals surface area contributed by atoms with Gasteiger partial charge in [0.1, 0.15) is 0 Å². The Morgan fingerprint density at radius 2 is 2.29 bits per heavy atom. The van der Waals surface area contributed by atoms with Gasteiger partial charge in [0.15, 0.2) is 0 Å². The summed E-state index contributed by atoms with van der Waals surface area (Å²) in [4.78, 5) is 0. The van der Waals surface area contributed by atoms with Crippen molar-refractivity contribution in [1.29, 1.82) is 0 Å². The number of benzene rings is 1. The smallest absolute Gasteiger partial charge is 0.0960 e. The van der Waals surface area contributed by atoms with E-state index >= 15 is 0 Å². The first kappa shape index (κ1) is 9.02. The number of ether oxygens (including phenoxy) is 1. The van der Waals surface area contributed by atoms with Crippen LogP contribution in [-0.2, 0) is 18.4 Å². The molecular weight excluding hydrogens is 178 g/mol. The average molecular weight is 191 g/mol. The number of nitrogen functional groups attached to an aromatic ring is 1. The Morgan fingerprint density at radius 1 is 1.50 bits per heavy atom. The van der Waals surface area contributed by atoms with Crippen LogP contribution in [0, 0.1) is 0 Å². The van der Waals surface area contributed by atoms with Crippen molar-refractivity contribution in [2.24, 2.45) is 7.05 Å². The average Bonchev–Trinajstić information content (AvgIpc) is 2.44. The highest BCUT2D eigenvalue weighted by atomic mass is 16.5. The van der Waals surface area contributed by atoms with Crippen molar-refractivity contribution in [2.45, 2.75) is 6.61 Å². The van der Waals surface area contributed by atoms with Crippen LogP contribution in [-0.4, -0.2) is 16.9 Å². The van der Waals surface area contributed by atoms with Gasteiger partial charge in [-0.25, -0.2) is 0 Å². The lowest BCUT2D eigenvalue weighted by atomic mass is 10.2. The van der Waals surface area contributed by atoms with Crippen molar-refractivity contribution < 1.29 is 4.74 Å². The molecule has 0 spiro atoms. The summed E-state index contributed by atoms with van der Waals surface area (Å²) in [5.74, 6) is 0. The largest absolute Gasteiger partial charge is 0.399 e. The molecule has 2 rings (SSSR count). The Balaban J connectivity index is 2.65. The number of hydrogen-bond acceptors (Lipinski definition) is 3. The molecule has 0 aliphatic heterocycles. The van der Waals surface area contributed by atoms with Gasteiger partial charge in [-0.1, -0.05) is 0 Å². The van der Waals surface area contributed by atoms with Crippen LogP contribution in [0.25, 0.3) is 10.9 Å². The fourth-order valence-corrected chi connectivity index (χ4v) is 1.59. The molecule has 1 aromatic heterocycles. The van der Waals surface area contributed by atoms with E-state index in [4.69, 9.17) is 10.5 Å². The molecule has 0 bridgehead atoms. The molecule has 0 aliphatic rings. The number of aryl methyl sites for hydroxylation is 1. The fraction of sp³-hybridized carbons (Fsp3) is 0.300. The SMILES string of the molecule is COCc1nn(C)c2cc(N)ccc12. The van der Waals surface area contributed by atoms with Crippen molar-refractivity contribution in [2.75, 3.05) is 12.8 Å². The van der Waals surface area contributed by atoms with E-state index < -0.39 is 0 Å². The lowest BCUT2D eigenvalue weighted by Gasteiger charge is -1.96. The van der Waals surface area contributed by atoms with Gasteiger partial charge in [-0.2, -0.15) is 5.10 Å². The van der Waals surface area contributed by atoms with Gasteiger partial charge in [0.05, 0.1) is 17.8 Å². The summed E-state index contributed by atoms with van der Waals surface area (Å²) >= 11 is 0. The number of fused-ring (bicyclic) bond motifs is 1. The third-order valence-corrected chi connectivity index (χ3v) is 2.23. The number of nitrogens with zero attached hydrogens (tertiary/aromatic N) is 2. The Kier molecular flexibility index (Phi) is 2.13.